The van der Waals surface area contributed by atoms with Gasteiger partial charge < -0.3 is 0 Å². The number of thioether (sulfide) groups is 1. The summed E-state index contributed by atoms with van der Waals surface area (Å²) in [6, 6.07) is 18.7. The maximum absolute atomic E-state index is 14.3. The van der Waals surface area contributed by atoms with Gasteiger partial charge in [-0.05, 0) is 17.5 Å². The van der Waals surface area contributed by atoms with Crippen molar-refractivity contribution in [2.45, 2.75) is 11.4 Å². The maximum Gasteiger partial charge on any atom is 0.333 e. The first-order valence-corrected chi connectivity index (χ1v) is 9.72. The lowest BCUT2D eigenvalue weighted by Gasteiger charge is -2.23. The lowest BCUT2D eigenvalue weighted by atomic mass is 10.1. The van der Waals surface area contributed by atoms with Gasteiger partial charge in [0.15, 0.2) is 0 Å². The average molecular weight is 378 g/mol. The number of amides is 3. The van der Waals surface area contributed by atoms with E-state index in [0.29, 0.717) is 17.0 Å². The second kappa shape index (κ2) is 6.09. The van der Waals surface area contributed by atoms with Crippen LogP contribution in [0.25, 0.3) is 10.8 Å². The number of urea groups is 1. The van der Waals surface area contributed by atoms with Crippen molar-refractivity contribution in [1.82, 2.24) is 4.90 Å². The van der Waals surface area contributed by atoms with Gasteiger partial charge in [-0.1, -0.05) is 54.6 Å². The number of benzene rings is 3. The molecule has 2 saturated heterocycles. The van der Waals surface area contributed by atoms with Crippen LogP contribution < -0.4 is 4.90 Å². The molecule has 5 rings (SSSR count). The number of anilines is 1. The zero-order valence-corrected chi connectivity index (χ0v) is 15.0. The van der Waals surface area contributed by atoms with Crippen LogP contribution in [0.4, 0.5) is 14.9 Å². The van der Waals surface area contributed by atoms with E-state index < -0.39 is 11.4 Å². The van der Waals surface area contributed by atoms with Gasteiger partial charge in [-0.2, -0.15) is 0 Å². The lowest BCUT2D eigenvalue weighted by molar-refractivity contribution is -0.119. The summed E-state index contributed by atoms with van der Waals surface area (Å²) in [5, 5.41) is 1.31. The molecule has 2 aliphatic rings. The number of imide groups is 1. The molecule has 0 unspecified atom stereocenters. The van der Waals surface area contributed by atoms with E-state index in [0.717, 1.165) is 10.8 Å². The minimum Gasteiger partial charge on any atom is -0.295 e. The summed E-state index contributed by atoms with van der Waals surface area (Å²) in [4.78, 5) is 29.1. The summed E-state index contributed by atoms with van der Waals surface area (Å²) in [6.07, 6.45) is 0. The molecule has 27 heavy (non-hydrogen) atoms. The van der Waals surface area contributed by atoms with Crippen molar-refractivity contribution in [3.8, 4) is 0 Å². The van der Waals surface area contributed by atoms with Gasteiger partial charge >= 0.3 is 6.03 Å². The Bertz CT molecular complexity index is 1080. The molecule has 0 aliphatic carbocycles. The van der Waals surface area contributed by atoms with Gasteiger partial charge in [0.2, 0.25) is 0 Å². The SMILES string of the molecule is O=C1[C@@H]2CS[C@H](c3ccccc3F)N2C(=O)N1c1cccc2ccccc12. The third kappa shape index (κ3) is 2.36. The third-order valence-electron chi connectivity index (χ3n) is 5.10. The fourth-order valence-corrected chi connectivity index (χ4v) is 5.27. The largest absolute Gasteiger partial charge is 0.333 e. The molecule has 0 spiro atoms. The fourth-order valence-electron chi connectivity index (χ4n) is 3.83. The standard InChI is InChI=1S/C21H15FN2O2S/c22-16-10-4-3-9-15(16)20-24-18(12-27-20)19(25)23(21(24)26)17-11-5-7-13-6-1-2-8-14(13)17/h1-11,18,20H,12H2/t18-,20+/m0/s1. The van der Waals surface area contributed by atoms with Crippen LogP contribution in [0.3, 0.4) is 0 Å². The summed E-state index contributed by atoms with van der Waals surface area (Å²) in [5.41, 5.74) is 1.01. The summed E-state index contributed by atoms with van der Waals surface area (Å²) >= 11 is 1.43. The van der Waals surface area contributed by atoms with Crippen LogP contribution in [0.15, 0.2) is 66.7 Å². The van der Waals surface area contributed by atoms with Gasteiger partial charge in [0.25, 0.3) is 5.91 Å². The Labute approximate surface area is 159 Å². The number of hydrogen-bond acceptors (Lipinski definition) is 3. The molecule has 0 saturated carbocycles. The summed E-state index contributed by atoms with van der Waals surface area (Å²) in [5.74, 6) is -0.146. The Kier molecular flexibility index (Phi) is 3.68. The molecule has 0 radical (unpaired) electrons. The van der Waals surface area contributed by atoms with E-state index in [1.165, 1.54) is 27.6 Å². The second-order valence-electron chi connectivity index (χ2n) is 6.58. The quantitative estimate of drug-likeness (QED) is 0.614. The molecule has 2 aliphatic heterocycles. The van der Waals surface area contributed by atoms with E-state index in [2.05, 4.69) is 0 Å². The Hall–Kier alpha value is -2.86. The van der Waals surface area contributed by atoms with Crippen molar-refractivity contribution < 1.29 is 14.0 Å². The van der Waals surface area contributed by atoms with Crippen LogP contribution in [0.2, 0.25) is 0 Å². The predicted molar refractivity (Wildman–Crippen MR) is 104 cm³/mol. The number of fused-ring (bicyclic) bond motifs is 2. The van der Waals surface area contributed by atoms with E-state index in [-0.39, 0.29) is 17.8 Å². The summed E-state index contributed by atoms with van der Waals surface area (Å²) in [7, 11) is 0. The maximum atomic E-state index is 14.3. The number of hydrogen-bond donors (Lipinski definition) is 0. The van der Waals surface area contributed by atoms with Crippen molar-refractivity contribution in [2.24, 2.45) is 0 Å². The number of carbonyl (C=O) groups excluding carboxylic acids is 2. The average Bonchev–Trinajstić information content (AvgIpc) is 3.22. The summed E-state index contributed by atoms with van der Waals surface area (Å²) in [6.45, 7) is 0. The Morgan fingerprint density at radius 3 is 2.52 bits per heavy atom. The van der Waals surface area contributed by atoms with E-state index in [9.17, 15) is 14.0 Å². The molecule has 6 heteroatoms. The van der Waals surface area contributed by atoms with Gasteiger partial charge in [-0.15, -0.1) is 11.8 Å². The molecule has 3 aromatic carbocycles. The molecule has 3 aromatic rings. The summed E-state index contributed by atoms with van der Waals surface area (Å²) < 4.78 is 14.3. The Morgan fingerprint density at radius 2 is 1.67 bits per heavy atom. The van der Waals surface area contributed by atoms with Gasteiger partial charge in [-0.3, -0.25) is 9.69 Å². The van der Waals surface area contributed by atoms with Crippen LogP contribution in [0.5, 0.6) is 0 Å². The van der Waals surface area contributed by atoms with Gasteiger partial charge in [0.05, 0.1) is 5.69 Å². The number of carbonyl (C=O) groups is 2. The molecular weight excluding hydrogens is 363 g/mol. The van der Waals surface area contributed by atoms with Crippen LogP contribution in [-0.4, -0.2) is 28.6 Å². The van der Waals surface area contributed by atoms with Crippen molar-refractivity contribution in [3.05, 3.63) is 78.1 Å². The first kappa shape index (κ1) is 16.3. The van der Waals surface area contributed by atoms with E-state index in [1.807, 2.05) is 36.4 Å². The van der Waals surface area contributed by atoms with Crippen LogP contribution in [-0.2, 0) is 4.79 Å². The van der Waals surface area contributed by atoms with Gasteiger partial charge in [-0.25, -0.2) is 14.1 Å². The van der Waals surface area contributed by atoms with Gasteiger partial charge in [0.1, 0.15) is 17.2 Å². The molecule has 0 aromatic heterocycles. The van der Waals surface area contributed by atoms with E-state index in [4.69, 9.17) is 0 Å². The van der Waals surface area contributed by atoms with Crippen molar-refractivity contribution in [1.29, 1.82) is 0 Å². The van der Waals surface area contributed by atoms with E-state index >= 15 is 0 Å². The zero-order chi connectivity index (χ0) is 18.5. The van der Waals surface area contributed by atoms with Crippen LogP contribution in [0.1, 0.15) is 10.9 Å². The van der Waals surface area contributed by atoms with Crippen LogP contribution >= 0.6 is 11.8 Å². The highest BCUT2D eigenvalue weighted by molar-refractivity contribution is 7.99. The monoisotopic (exact) mass is 378 g/mol. The molecule has 3 amide bonds. The lowest BCUT2D eigenvalue weighted by Crippen LogP contribution is -2.34. The normalized spacial score (nSPS) is 22.0. The van der Waals surface area contributed by atoms with Crippen molar-refractivity contribution >= 4 is 40.2 Å². The highest BCUT2D eigenvalue weighted by atomic mass is 32.2. The Balaban J connectivity index is 1.59. The minimum absolute atomic E-state index is 0.248. The molecule has 2 heterocycles. The molecule has 0 bridgehead atoms. The van der Waals surface area contributed by atoms with Crippen LogP contribution in [0, 0.1) is 5.82 Å². The molecule has 0 N–H and O–H groups in total. The Morgan fingerprint density at radius 1 is 0.926 bits per heavy atom. The minimum atomic E-state index is -0.564. The zero-order valence-electron chi connectivity index (χ0n) is 14.2. The first-order chi connectivity index (χ1) is 13.2. The molecule has 2 fully saturated rings. The smallest absolute Gasteiger partial charge is 0.295 e. The van der Waals surface area contributed by atoms with Crippen molar-refractivity contribution in [3.63, 3.8) is 0 Å². The van der Waals surface area contributed by atoms with E-state index in [1.54, 1.807) is 24.3 Å². The molecule has 4 nitrogen and oxygen atoms in total. The topological polar surface area (TPSA) is 40.6 Å². The highest BCUT2D eigenvalue weighted by Crippen LogP contribution is 2.47. The number of halogens is 1. The first-order valence-electron chi connectivity index (χ1n) is 8.67. The highest BCUT2D eigenvalue weighted by Gasteiger charge is 2.53. The number of rotatable bonds is 2. The second-order valence-corrected chi connectivity index (χ2v) is 7.70. The molecule has 134 valence electrons. The third-order valence-corrected chi connectivity index (χ3v) is 6.40. The predicted octanol–water partition coefficient (Wildman–Crippen LogP) is 4.56. The molecule has 2 atom stereocenters. The van der Waals surface area contributed by atoms with Gasteiger partial charge in [0, 0.05) is 16.7 Å². The number of nitrogens with zero attached hydrogens (tertiary/aromatic N) is 2. The molecular formula is C21H15FN2O2S. The fraction of sp³-hybridized carbons (Fsp3) is 0.143. The van der Waals surface area contributed by atoms with Crippen molar-refractivity contribution in [2.75, 3.05) is 10.7 Å².